The Balaban J connectivity index is 2.84. The Bertz CT molecular complexity index is 450. The maximum absolute atomic E-state index is 12.1. The number of amides is 1. The van der Waals surface area contributed by atoms with Crippen molar-refractivity contribution in [3.8, 4) is 0 Å². The molecule has 0 saturated carbocycles. The highest BCUT2D eigenvalue weighted by Crippen LogP contribution is 2.20. The summed E-state index contributed by atoms with van der Waals surface area (Å²) in [6, 6.07) is 1.69. The van der Waals surface area contributed by atoms with Crippen molar-refractivity contribution in [1.82, 2.24) is 15.5 Å². The van der Waals surface area contributed by atoms with Gasteiger partial charge < -0.3 is 10.4 Å². The van der Waals surface area contributed by atoms with E-state index in [-0.39, 0.29) is 12.3 Å². The number of hydrogen-bond acceptors (Lipinski definition) is 3. The molecule has 1 aromatic rings. The molecular weight excluding hydrogens is 246 g/mol. The Hall–Kier alpha value is -1.85. The lowest BCUT2D eigenvalue weighted by Crippen LogP contribution is -2.49. The number of nitrogens with one attached hydrogen (secondary N) is 2. The number of aromatic amines is 1. The third kappa shape index (κ3) is 3.81. The summed E-state index contributed by atoms with van der Waals surface area (Å²) in [5.41, 5.74) is 0.462. The molecule has 0 saturated heterocycles. The van der Waals surface area contributed by atoms with E-state index >= 15 is 0 Å². The third-order valence-electron chi connectivity index (χ3n) is 3.47. The lowest BCUT2D eigenvalue weighted by atomic mass is 9.89. The van der Waals surface area contributed by atoms with Gasteiger partial charge in [0.1, 0.15) is 5.69 Å². The zero-order valence-corrected chi connectivity index (χ0v) is 11.6. The van der Waals surface area contributed by atoms with Crippen LogP contribution in [-0.2, 0) is 11.2 Å². The Morgan fingerprint density at radius 2 is 2.00 bits per heavy atom. The minimum atomic E-state index is -0.916. The normalized spacial score (nSPS) is 11.3. The largest absolute Gasteiger partial charge is 0.481 e. The maximum Gasteiger partial charge on any atom is 0.305 e. The second-order valence-corrected chi connectivity index (χ2v) is 4.64. The van der Waals surface area contributed by atoms with Crippen LogP contribution >= 0.6 is 0 Å². The highest BCUT2D eigenvalue weighted by molar-refractivity contribution is 5.93. The molecule has 0 aliphatic carbocycles. The molecule has 0 aliphatic rings. The maximum atomic E-state index is 12.1. The van der Waals surface area contributed by atoms with Gasteiger partial charge in [-0.2, -0.15) is 5.10 Å². The van der Waals surface area contributed by atoms with Gasteiger partial charge in [-0.15, -0.1) is 0 Å². The van der Waals surface area contributed by atoms with E-state index in [4.69, 9.17) is 5.11 Å². The van der Waals surface area contributed by atoms with E-state index in [1.54, 1.807) is 6.07 Å². The van der Waals surface area contributed by atoms with E-state index in [2.05, 4.69) is 15.5 Å². The molecule has 0 fully saturated rings. The van der Waals surface area contributed by atoms with Crippen LogP contribution in [0.3, 0.4) is 0 Å². The fraction of sp³-hybridized carbons (Fsp3) is 0.615. The number of aliphatic carboxylic acids is 1. The van der Waals surface area contributed by atoms with Crippen molar-refractivity contribution in [2.45, 2.75) is 52.0 Å². The summed E-state index contributed by atoms with van der Waals surface area (Å²) < 4.78 is 0. The van der Waals surface area contributed by atoms with Crippen molar-refractivity contribution in [1.29, 1.82) is 0 Å². The van der Waals surface area contributed by atoms with Gasteiger partial charge in [-0.1, -0.05) is 20.8 Å². The van der Waals surface area contributed by atoms with Crippen LogP contribution in [-0.4, -0.2) is 32.7 Å². The number of aromatic nitrogens is 2. The minimum Gasteiger partial charge on any atom is -0.481 e. The molecular formula is C13H21N3O3. The SMILES string of the molecule is CCc1cc(C(=O)NC(CC)(CC)CC(=O)O)n[nH]1. The van der Waals surface area contributed by atoms with Crippen LogP contribution in [0.15, 0.2) is 6.07 Å². The summed E-state index contributed by atoms with van der Waals surface area (Å²) in [7, 11) is 0. The molecule has 0 spiro atoms. The van der Waals surface area contributed by atoms with Crippen molar-refractivity contribution in [3.63, 3.8) is 0 Å². The van der Waals surface area contributed by atoms with Gasteiger partial charge in [0.05, 0.1) is 12.0 Å². The minimum absolute atomic E-state index is 0.0865. The molecule has 6 heteroatoms. The number of hydrogen-bond donors (Lipinski definition) is 3. The molecule has 0 bridgehead atoms. The number of nitrogens with zero attached hydrogens (tertiary/aromatic N) is 1. The summed E-state index contributed by atoms with van der Waals surface area (Å²) in [5.74, 6) is -1.25. The van der Waals surface area contributed by atoms with Gasteiger partial charge in [-0.05, 0) is 25.3 Å². The standard InChI is InChI=1S/C13H21N3O3/c1-4-9-7-10(16-15-9)12(19)14-13(5-2,6-3)8-11(17)18/h7H,4-6,8H2,1-3H3,(H,14,19)(H,15,16)(H,17,18). The van der Waals surface area contributed by atoms with Crippen LogP contribution in [0.25, 0.3) is 0 Å². The number of carboxylic acids is 1. The van der Waals surface area contributed by atoms with Gasteiger partial charge >= 0.3 is 5.97 Å². The van der Waals surface area contributed by atoms with Gasteiger partial charge in [-0.25, -0.2) is 0 Å². The molecule has 6 nitrogen and oxygen atoms in total. The summed E-state index contributed by atoms with van der Waals surface area (Å²) in [6.07, 6.45) is 1.80. The average molecular weight is 267 g/mol. The smallest absolute Gasteiger partial charge is 0.305 e. The Morgan fingerprint density at radius 3 is 2.42 bits per heavy atom. The second kappa shape index (κ2) is 6.36. The lowest BCUT2D eigenvalue weighted by molar-refractivity contribution is -0.138. The van der Waals surface area contributed by atoms with Gasteiger partial charge in [0.25, 0.3) is 5.91 Å². The van der Waals surface area contributed by atoms with Gasteiger partial charge in [-0.3, -0.25) is 14.7 Å². The van der Waals surface area contributed by atoms with E-state index in [1.165, 1.54) is 0 Å². The average Bonchev–Trinajstić information content (AvgIpc) is 2.86. The Labute approximate surface area is 112 Å². The molecule has 0 radical (unpaired) electrons. The van der Waals surface area contributed by atoms with Gasteiger partial charge in [0, 0.05) is 5.69 Å². The highest BCUT2D eigenvalue weighted by atomic mass is 16.4. The molecule has 1 heterocycles. The second-order valence-electron chi connectivity index (χ2n) is 4.64. The van der Waals surface area contributed by atoms with Crippen molar-refractivity contribution < 1.29 is 14.7 Å². The summed E-state index contributed by atoms with van der Waals surface area (Å²) in [5, 5.41) is 18.5. The lowest BCUT2D eigenvalue weighted by Gasteiger charge is -2.31. The molecule has 0 aromatic carbocycles. The van der Waals surface area contributed by atoms with Crippen LogP contribution in [0.4, 0.5) is 0 Å². The monoisotopic (exact) mass is 267 g/mol. The molecule has 0 atom stereocenters. The number of carbonyl (C=O) groups is 2. The van der Waals surface area contributed by atoms with Crippen LogP contribution in [0.1, 0.15) is 56.2 Å². The summed E-state index contributed by atoms with van der Waals surface area (Å²) in [4.78, 5) is 23.0. The van der Waals surface area contributed by atoms with Crippen molar-refractivity contribution in [2.24, 2.45) is 0 Å². The summed E-state index contributed by atoms with van der Waals surface area (Å²) >= 11 is 0. The quantitative estimate of drug-likeness (QED) is 0.701. The zero-order valence-electron chi connectivity index (χ0n) is 11.6. The van der Waals surface area contributed by atoms with Crippen LogP contribution in [0.5, 0.6) is 0 Å². The number of carbonyl (C=O) groups excluding carboxylic acids is 1. The third-order valence-corrected chi connectivity index (χ3v) is 3.47. The molecule has 19 heavy (non-hydrogen) atoms. The molecule has 1 amide bonds. The highest BCUT2D eigenvalue weighted by Gasteiger charge is 2.31. The zero-order chi connectivity index (χ0) is 14.5. The molecule has 0 unspecified atom stereocenters. The first-order valence-corrected chi connectivity index (χ1v) is 6.55. The Kier molecular flexibility index (Phi) is 5.09. The number of H-pyrrole nitrogens is 1. The molecule has 106 valence electrons. The number of rotatable bonds is 7. The van der Waals surface area contributed by atoms with Crippen molar-refractivity contribution in [2.75, 3.05) is 0 Å². The predicted molar refractivity (Wildman–Crippen MR) is 71.0 cm³/mol. The first-order valence-electron chi connectivity index (χ1n) is 6.55. The summed E-state index contributed by atoms with van der Waals surface area (Å²) in [6.45, 7) is 5.70. The molecule has 3 N–H and O–H groups in total. The van der Waals surface area contributed by atoms with Gasteiger partial charge in [0.15, 0.2) is 0 Å². The number of aryl methyl sites for hydroxylation is 1. The van der Waals surface area contributed by atoms with Gasteiger partial charge in [0.2, 0.25) is 0 Å². The van der Waals surface area contributed by atoms with E-state index < -0.39 is 11.5 Å². The van der Waals surface area contributed by atoms with Crippen LogP contribution in [0, 0.1) is 0 Å². The fourth-order valence-electron chi connectivity index (χ4n) is 1.97. The topological polar surface area (TPSA) is 95.1 Å². The first kappa shape index (κ1) is 15.2. The van der Waals surface area contributed by atoms with E-state index in [0.717, 1.165) is 12.1 Å². The van der Waals surface area contributed by atoms with Crippen molar-refractivity contribution >= 4 is 11.9 Å². The van der Waals surface area contributed by atoms with Crippen molar-refractivity contribution in [3.05, 3.63) is 17.5 Å². The van der Waals surface area contributed by atoms with E-state index in [0.29, 0.717) is 18.5 Å². The van der Waals surface area contributed by atoms with Crippen LogP contribution in [0.2, 0.25) is 0 Å². The molecule has 1 rings (SSSR count). The Morgan fingerprint density at radius 1 is 1.37 bits per heavy atom. The fourth-order valence-corrected chi connectivity index (χ4v) is 1.97. The van der Waals surface area contributed by atoms with E-state index in [9.17, 15) is 9.59 Å². The molecule has 1 aromatic heterocycles. The predicted octanol–water partition coefficient (Wildman–Crippen LogP) is 1.74. The van der Waals surface area contributed by atoms with E-state index in [1.807, 2.05) is 20.8 Å². The number of carboxylic acid groups (broad SMARTS) is 1. The molecule has 0 aliphatic heterocycles. The van der Waals surface area contributed by atoms with Crippen LogP contribution < -0.4 is 5.32 Å². The first-order chi connectivity index (χ1) is 8.96.